The van der Waals surface area contributed by atoms with Crippen LogP contribution in [0.25, 0.3) is 0 Å². The van der Waals surface area contributed by atoms with Gasteiger partial charge in [0.25, 0.3) is 0 Å². The van der Waals surface area contributed by atoms with Crippen molar-refractivity contribution in [2.75, 3.05) is 6.54 Å². The summed E-state index contributed by atoms with van der Waals surface area (Å²) < 4.78 is 0. The number of carboxylic acid groups (broad SMARTS) is 2. The van der Waals surface area contributed by atoms with Crippen LogP contribution in [0.5, 0.6) is 0 Å². The second-order valence-corrected chi connectivity index (χ2v) is 3.46. The molecule has 0 amide bonds. The van der Waals surface area contributed by atoms with Crippen molar-refractivity contribution in [3.8, 4) is 0 Å². The second-order valence-electron chi connectivity index (χ2n) is 3.46. The highest BCUT2D eigenvalue weighted by Gasteiger charge is 2.03. The zero-order valence-corrected chi connectivity index (χ0v) is 9.79. The Hall–Kier alpha value is -2.83. The van der Waals surface area contributed by atoms with Crippen LogP contribution in [0, 0.1) is 0 Å². The van der Waals surface area contributed by atoms with E-state index in [0.717, 1.165) is 12.7 Å². The molecule has 0 bridgehead atoms. The molecular formula is C12H12N2O5. The SMILES string of the molecule is O=C(O)C1=CNCC=C1.O=C(O)c1ccc(=O)[nH]c1. The number of rotatable bonds is 2. The number of carboxylic acids is 2. The molecule has 7 heteroatoms. The van der Waals surface area contributed by atoms with Crippen molar-refractivity contribution < 1.29 is 19.8 Å². The van der Waals surface area contributed by atoms with Crippen molar-refractivity contribution in [2.45, 2.75) is 0 Å². The van der Waals surface area contributed by atoms with Gasteiger partial charge in [0.1, 0.15) is 0 Å². The van der Waals surface area contributed by atoms with E-state index in [0.29, 0.717) is 5.57 Å². The summed E-state index contributed by atoms with van der Waals surface area (Å²) in [5.74, 6) is -1.94. The van der Waals surface area contributed by atoms with Crippen LogP contribution in [0.1, 0.15) is 10.4 Å². The lowest BCUT2D eigenvalue weighted by Crippen LogP contribution is -2.12. The van der Waals surface area contributed by atoms with E-state index in [1.165, 1.54) is 18.3 Å². The molecule has 2 heterocycles. The molecule has 1 aliphatic rings. The quantitative estimate of drug-likeness (QED) is 0.605. The van der Waals surface area contributed by atoms with Gasteiger partial charge in [0, 0.05) is 25.0 Å². The number of hydrogen-bond acceptors (Lipinski definition) is 4. The maximum Gasteiger partial charge on any atom is 0.337 e. The van der Waals surface area contributed by atoms with Gasteiger partial charge in [0.2, 0.25) is 5.56 Å². The van der Waals surface area contributed by atoms with E-state index in [4.69, 9.17) is 10.2 Å². The monoisotopic (exact) mass is 264 g/mol. The lowest BCUT2D eigenvalue weighted by molar-refractivity contribution is -0.132. The maximum atomic E-state index is 10.4. The van der Waals surface area contributed by atoms with E-state index in [2.05, 4.69) is 10.3 Å². The van der Waals surface area contributed by atoms with Gasteiger partial charge < -0.3 is 20.5 Å². The molecule has 1 aromatic heterocycles. The summed E-state index contributed by atoms with van der Waals surface area (Å²) >= 11 is 0. The largest absolute Gasteiger partial charge is 0.478 e. The van der Waals surface area contributed by atoms with Gasteiger partial charge in [-0.15, -0.1) is 0 Å². The molecule has 7 nitrogen and oxygen atoms in total. The minimum Gasteiger partial charge on any atom is -0.478 e. The molecule has 0 fully saturated rings. The van der Waals surface area contributed by atoms with E-state index >= 15 is 0 Å². The van der Waals surface area contributed by atoms with E-state index < -0.39 is 11.9 Å². The Kier molecular flexibility index (Phi) is 5.09. The number of pyridine rings is 1. The summed E-state index contributed by atoms with van der Waals surface area (Å²) in [6.07, 6.45) is 6.00. The Morgan fingerprint density at radius 3 is 2.26 bits per heavy atom. The van der Waals surface area contributed by atoms with Gasteiger partial charge in [-0.25, -0.2) is 9.59 Å². The van der Waals surface area contributed by atoms with E-state index in [1.54, 1.807) is 12.2 Å². The van der Waals surface area contributed by atoms with Gasteiger partial charge in [-0.3, -0.25) is 4.79 Å². The van der Waals surface area contributed by atoms with Crippen molar-refractivity contribution >= 4 is 11.9 Å². The number of aromatic nitrogens is 1. The molecule has 19 heavy (non-hydrogen) atoms. The normalized spacial score (nSPS) is 12.5. The first-order chi connectivity index (χ1) is 9.00. The lowest BCUT2D eigenvalue weighted by Gasteiger charge is -2.02. The first-order valence-corrected chi connectivity index (χ1v) is 5.26. The highest BCUT2D eigenvalue weighted by Crippen LogP contribution is 1.97. The fourth-order valence-corrected chi connectivity index (χ4v) is 1.15. The summed E-state index contributed by atoms with van der Waals surface area (Å²) in [7, 11) is 0. The molecule has 0 aliphatic carbocycles. The smallest absolute Gasteiger partial charge is 0.337 e. The molecule has 1 aliphatic heterocycles. The van der Waals surface area contributed by atoms with Gasteiger partial charge in [-0.1, -0.05) is 6.08 Å². The van der Waals surface area contributed by atoms with Crippen molar-refractivity contribution in [3.05, 3.63) is 58.2 Å². The van der Waals surface area contributed by atoms with Crippen molar-refractivity contribution in [2.24, 2.45) is 0 Å². The number of hydrogen-bond donors (Lipinski definition) is 4. The fraction of sp³-hybridized carbons (Fsp3) is 0.0833. The molecule has 0 atom stereocenters. The summed E-state index contributed by atoms with van der Waals surface area (Å²) in [5.41, 5.74) is 0.0888. The molecule has 0 saturated heterocycles. The van der Waals surface area contributed by atoms with Crippen LogP contribution >= 0.6 is 0 Å². The van der Waals surface area contributed by atoms with Gasteiger partial charge in [-0.2, -0.15) is 0 Å². The Balaban J connectivity index is 0.000000191. The number of H-pyrrole nitrogens is 1. The maximum absolute atomic E-state index is 10.4. The number of nitrogens with one attached hydrogen (secondary N) is 2. The zero-order chi connectivity index (χ0) is 14.3. The Morgan fingerprint density at radius 2 is 1.89 bits per heavy atom. The van der Waals surface area contributed by atoms with Crippen LogP contribution in [0.2, 0.25) is 0 Å². The minimum absolute atomic E-state index is 0.0830. The fourth-order valence-electron chi connectivity index (χ4n) is 1.15. The molecule has 0 saturated carbocycles. The van der Waals surface area contributed by atoms with Crippen LogP contribution in [0.15, 0.2) is 47.0 Å². The number of aliphatic carboxylic acids is 1. The predicted molar refractivity (Wildman–Crippen MR) is 66.9 cm³/mol. The minimum atomic E-state index is -1.05. The Bertz CT molecular complexity index is 566. The number of aromatic amines is 1. The Labute approximate surface area is 107 Å². The standard InChI is InChI=1S/C6H5NO3.C6H7NO2/c8-5-2-1-4(3-7-5)6(9)10;8-6(9)5-2-1-3-7-4-5/h1-3H,(H,7,8)(H,9,10);1-2,4,7H,3H2,(H,8,9). The zero-order valence-electron chi connectivity index (χ0n) is 9.79. The molecule has 0 unspecified atom stereocenters. The van der Waals surface area contributed by atoms with Gasteiger partial charge >= 0.3 is 11.9 Å². The van der Waals surface area contributed by atoms with E-state index in [1.807, 2.05) is 0 Å². The number of dihydropyridines is 1. The lowest BCUT2D eigenvalue weighted by atomic mass is 10.2. The first-order valence-electron chi connectivity index (χ1n) is 5.26. The van der Waals surface area contributed by atoms with Crippen LogP contribution in [0.3, 0.4) is 0 Å². The van der Waals surface area contributed by atoms with E-state index in [-0.39, 0.29) is 11.1 Å². The first kappa shape index (κ1) is 14.2. The molecule has 0 radical (unpaired) electrons. The molecule has 1 aromatic rings. The Morgan fingerprint density at radius 1 is 1.16 bits per heavy atom. The van der Waals surface area contributed by atoms with Crippen molar-refractivity contribution in [1.29, 1.82) is 0 Å². The molecule has 0 aromatic carbocycles. The summed E-state index contributed by atoms with van der Waals surface area (Å²) in [5, 5.41) is 19.5. The third-order valence-electron chi connectivity index (χ3n) is 2.07. The average Bonchev–Trinajstić information content (AvgIpc) is 2.41. The molecule has 100 valence electrons. The number of carbonyl (C=O) groups is 2. The highest BCUT2D eigenvalue weighted by atomic mass is 16.4. The third-order valence-corrected chi connectivity index (χ3v) is 2.07. The van der Waals surface area contributed by atoms with Crippen molar-refractivity contribution in [1.82, 2.24) is 10.3 Å². The third kappa shape index (κ3) is 4.90. The topological polar surface area (TPSA) is 119 Å². The van der Waals surface area contributed by atoms with Gasteiger partial charge in [-0.05, 0) is 12.1 Å². The van der Waals surface area contributed by atoms with Crippen LogP contribution < -0.4 is 10.9 Å². The predicted octanol–water partition coefficient (Wildman–Crippen LogP) is 0.187. The molecule has 4 N–H and O–H groups in total. The van der Waals surface area contributed by atoms with Crippen LogP contribution in [-0.2, 0) is 4.79 Å². The second kappa shape index (κ2) is 6.80. The van der Waals surface area contributed by atoms with Gasteiger partial charge in [0.15, 0.2) is 0 Å². The summed E-state index contributed by atoms with van der Waals surface area (Å²) in [6.45, 7) is 0.719. The van der Waals surface area contributed by atoms with Gasteiger partial charge in [0.05, 0.1) is 11.1 Å². The average molecular weight is 264 g/mol. The molecular weight excluding hydrogens is 252 g/mol. The summed E-state index contributed by atoms with van der Waals surface area (Å²) in [6, 6.07) is 2.42. The molecule has 0 spiro atoms. The highest BCUT2D eigenvalue weighted by molar-refractivity contribution is 5.89. The van der Waals surface area contributed by atoms with Crippen molar-refractivity contribution in [3.63, 3.8) is 0 Å². The molecule has 2 rings (SSSR count). The summed E-state index contributed by atoms with van der Waals surface area (Å²) in [4.78, 5) is 33.0. The van der Waals surface area contributed by atoms with Crippen LogP contribution in [-0.4, -0.2) is 33.7 Å². The van der Waals surface area contributed by atoms with Crippen LogP contribution in [0.4, 0.5) is 0 Å². The number of aromatic carboxylic acids is 1. The van der Waals surface area contributed by atoms with E-state index in [9.17, 15) is 14.4 Å².